The zero-order chi connectivity index (χ0) is 13.5. The van der Waals surface area contributed by atoms with Crippen LogP contribution in [0.15, 0.2) is 0 Å². The molecule has 100 valence electrons. The van der Waals surface area contributed by atoms with Crippen LogP contribution >= 0.6 is 11.3 Å². The third kappa shape index (κ3) is 4.09. The smallest absolute Gasteiger partial charge is 0.404 e. The van der Waals surface area contributed by atoms with Gasteiger partial charge in [0.05, 0.1) is 6.54 Å². The van der Waals surface area contributed by atoms with Gasteiger partial charge in [-0.15, -0.1) is 0 Å². The summed E-state index contributed by atoms with van der Waals surface area (Å²) in [7, 11) is 0. The van der Waals surface area contributed by atoms with Crippen LogP contribution in [0.4, 0.5) is 15.7 Å². The van der Waals surface area contributed by atoms with Crippen molar-refractivity contribution in [3.8, 4) is 0 Å². The molecule has 1 aromatic heterocycles. The predicted molar refractivity (Wildman–Crippen MR) is 68.6 cm³/mol. The second kappa shape index (κ2) is 6.64. The van der Waals surface area contributed by atoms with E-state index in [1.54, 1.807) is 0 Å². The third-order valence-corrected chi connectivity index (χ3v) is 2.85. The standard InChI is InChI=1S/C9H15N5O3S/c1-2-12-9-14-6(10)5(18-9)7(15)13-3-4-17-8(11)16/h2-4,10H2,1H3,(H2,11,16)(H,12,14)(H,13,15). The highest BCUT2D eigenvalue weighted by Crippen LogP contribution is 2.24. The van der Waals surface area contributed by atoms with Crippen molar-refractivity contribution in [1.82, 2.24) is 10.3 Å². The number of anilines is 2. The molecule has 0 atom stereocenters. The van der Waals surface area contributed by atoms with Crippen LogP contribution in [-0.4, -0.2) is 36.7 Å². The normalized spacial score (nSPS) is 9.83. The lowest BCUT2D eigenvalue weighted by Gasteiger charge is -2.03. The summed E-state index contributed by atoms with van der Waals surface area (Å²) in [5.41, 5.74) is 10.4. The monoisotopic (exact) mass is 273 g/mol. The minimum atomic E-state index is -0.879. The first-order valence-corrected chi connectivity index (χ1v) is 6.06. The van der Waals surface area contributed by atoms with Crippen molar-refractivity contribution < 1.29 is 14.3 Å². The van der Waals surface area contributed by atoms with E-state index in [2.05, 4.69) is 20.4 Å². The summed E-state index contributed by atoms with van der Waals surface area (Å²) in [6.45, 7) is 2.79. The Morgan fingerprint density at radius 2 is 2.22 bits per heavy atom. The number of hydrogen-bond acceptors (Lipinski definition) is 7. The number of primary amides is 1. The number of nitrogens with two attached hydrogens (primary N) is 2. The minimum Gasteiger partial charge on any atom is -0.448 e. The molecule has 18 heavy (non-hydrogen) atoms. The van der Waals surface area contributed by atoms with Gasteiger partial charge in [-0.2, -0.15) is 0 Å². The van der Waals surface area contributed by atoms with Gasteiger partial charge in [0.2, 0.25) is 0 Å². The highest BCUT2D eigenvalue weighted by Gasteiger charge is 2.15. The minimum absolute atomic E-state index is 0.0137. The fourth-order valence-electron chi connectivity index (χ4n) is 1.12. The molecule has 0 saturated heterocycles. The summed E-state index contributed by atoms with van der Waals surface area (Å²) < 4.78 is 4.47. The second-order valence-corrected chi connectivity index (χ2v) is 4.19. The number of nitrogens with zero attached hydrogens (tertiary/aromatic N) is 1. The molecule has 0 aliphatic rings. The average Bonchev–Trinajstić information content (AvgIpc) is 2.66. The predicted octanol–water partition coefficient (Wildman–Crippen LogP) is -0.0178. The summed E-state index contributed by atoms with van der Waals surface area (Å²) >= 11 is 1.16. The lowest BCUT2D eigenvalue weighted by molar-refractivity contribution is 0.0941. The molecule has 2 amide bonds. The van der Waals surface area contributed by atoms with Gasteiger partial charge in [0.15, 0.2) is 5.13 Å². The number of nitrogen functional groups attached to an aromatic ring is 1. The molecule has 8 nitrogen and oxygen atoms in total. The quantitative estimate of drug-likeness (QED) is 0.538. The molecule has 0 aliphatic heterocycles. The van der Waals surface area contributed by atoms with E-state index in [1.165, 1.54) is 0 Å². The number of carbonyl (C=O) groups is 2. The first-order valence-electron chi connectivity index (χ1n) is 5.25. The largest absolute Gasteiger partial charge is 0.448 e. The van der Waals surface area contributed by atoms with E-state index >= 15 is 0 Å². The third-order valence-electron chi connectivity index (χ3n) is 1.82. The Labute approximate surface area is 108 Å². The summed E-state index contributed by atoms with van der Waals surface area (Å²) in [4.78, 5) is 26.3. The molecule has 0 fully saturated rings. The first-order chi connectivity index (χ1) is 8.54. The Kier molecular flexibility index (Phi) is 5.18. The van der Waals surface area contributed by atoms with E-state index in [-0.39, 0.29) is 24.9 Å². The van der Waals surface area contributed by atoms with Gasteiger partial charge in [0.25, 0.3) is 5.91 Å². The fraction of sp³-hybridized carbons (Fsp3) is 0.444. The molecule has 6 N–H and O–H groups in total. The molecule has 0 aromatic carbocycles. The molecule has 1 heterocycles. The van der Waals surface area contributed by atoms with E-state index in [0.29, 0.717) is 16.6 Å². The number of amides is 2. The summed E-state index contributed by atoms with van der Waals surface area (Å²) in [6, 6.07) is 0. The number of nitrogens with one attached hydrogen (secondary N) is 2. The van der Waals surface area contributed by atoms with Crippen LogP contribution in [0.5, 0.6) is 0 Å². The van der Waals surface area contributed by atoms with Crippen molar-refractivity contribution in [3.05, 3.63) is 4.88 Å². The Morgan fingerprint density at radius 1 is 1.50 bits per heavy atom. The molecule has 1 aromatic rings. The highest BCUT2D eigenvalue weighted by molar-refractivity contribution is 7.18. The lowest BCUT2D eigenvalue weighted by atomic mass is 10.4. The van der Waals surface area contributed by atoms with Crippen LogP contribution in [0.25, 0.3) is 0 Å². The maximum absolute atomic E-state index is 11.7. The van der Waals surface area contributed by atoms with Gasteiger partial charge in [-0.25, -0.2) is 9.78 Å². The average molecular weight is 273 g/mol. The molecular formula is C9H15N5O3S. The molecule has 0 saturated carbocycles. The van der Waals surface area contributed by atoms with Crippen LogP contribution in [0.1, 0.15) is 16.6 Å². The van der Waals surface area contributed by atoms with Gasteiger partial charge < -0.3 is 26.8 Å². The summed E-state index contributed by atoms with van der Waals surface area (Å²) in [6.07, 6.45) is -0.879. The molecule has 0 spiro atoms. The van der Waals surface area contributed by atoms with Crippen molar-refractivity contribution in [2.75, 3.05) is 30.7 Å². The Hall–Kier alpha value is -2.03. The van der Waals surface area contributed by atoms with E-state index in [9.17, 15) is 9.59 Å². The van der Waals surface area contributed by atoms with Crippen molar-refractivity contribution in [2.45, 2.75) is 6.92 Å². The van der Waals surface area contributed by atoms with E-state index < -0.39 is 6.09 Å². The maximum Gasteiger partial charge on any atom is 0.404 e. The van der Waals surface area contributed by atoms with Gasteiger partial charge >= 0.3 is 6.09 Å². The fourth-order valence-corrected chi connectivity index (χ4v) is 1.99. The Morgan fingerprint density at radius 3 is 2.83 bits per heavy atom. The van der Waals surface area contributed by atoms with Gasteiger partial charge in [-0.05, 0) is 6.92 Å². The number of rotatable bonds is 6. The molecule has 0 aliphatic carbocycles. The number of carbonyl (C=O) groups excluding carboxylic acids is 2. The number of thiazole rings is 1. The van der Waals surface area contributed by atoms with Gasteiger partial charge in [-0.3, -0.25) is 4.79 Å². The Bertz CT molecular complexity index is 434. The van der Waals surface area contributed by atoms with E-state index in [0.717, 1.165) is 11.3 Å². The maximum atomic E-state index is 11.7. The summed E-state index contributed by atoms with van der Waals surface area (Å²) in [5.74, 6) is -0.188. The van der Waals surface area contributed by atoms with Gasteiger partial charge in [-0.1, -0.05) is 11.3 Å². The number of aromatic nitrogens is 1. The molecule has 1 rings (SSSR count). The van der Waals surface area contributed by atoms with Crippen LogP contribution in [0.2, 0.25) is 0 Å². The van der Waals surface area contributed by atoms with Gasteiger partial charge in [0.1, 0.15) is 17.3 Å². The van der Waals surface area contributed by atoms with Crippen molar-refractivity contribution in [1.29, 1.82) is 0 Å². The first kappa shape index (κ1) is 14.0. The van der Waals surface area contributed by atoms with Crippen molar-refractivity contribution in [2.24, 2.45) is 5.73 Å². The van der Waals surface area contributed by atoms with Gasteiger partial charge in [0, 0.05) is 6.54 Å². The molecule has 0 radical (unpaired) electrons. The van der Waals surface area contributed by atoms with Crippen LogP contribution in [0, 0.1) is 0 Å². The second-order valence-electron chi connectivity index (χ2n) is 3.19. The lowest BCUT2D eigenvalue weighted by Crippen LogP contribution is -2.28. The molecule has 9 heteroatoms. The van der Waals surface area contributed by atoms with Crippen LogP contribution in [-0.2, 0) is 4.74 Å². The van der Waals surface area contributed by atoms with Crippen molar-refractivity contribution >= 4 is 34.3 Å². The topological polar surface area (TPSA) is 132 Å². The zero-order valence-electron chi connectivity index (χ0n) is 9.86. The summed E-state index contributed by atoms with van der Waals surface area (Å²) in [5, 5.41) is 6.10. The Balaban J connectivity index is 2.48. The molecular weight excluding hydrogens is 258 g/mol. The zero-order valence-corrected chi connectivity index (χ0v) is 10.7. The molecule has 0 unspecified atom stereocenters. The molecule has 0 bridgehead atoms. The number of ether oxygens (including phenoxy) is 1. The van der Waals surface area contributed by atoms with Crippen LogP contribution in [0.3, 0.4) is 0 Å². The van der Waals surface area contributed by atoms with E-state index in [4.69, 9.17) is 11.5 Å². The van der Waals surface area contributed by atoms with E-state index in [1.807, 2.05) is 6.92 Å². The number of hydrogen-bond donors (Lipinski definition) is 4. The SMILES string of the molecule is CCNc1nc(N)c(C(=O)NCCOC(N)=O)s1. The van der Waals surface area contributed by atoms with Crippen LogP contribution < -0.4 is 22.1 Å². The highest BCUT2D eigenvalue weighted by atomic mass is 32.1. The van der Waals surface area contributed by atoms with Crippen molar-refractivity contribution in [3.63, 3.8) is 0 Å².